The average Bonchev–Trinajstić information content (AvgIpc) is 2.59. The van der Waals surface area contributed by atoms with Crippen molar-refractivity contribution in [2.45, 2.75) is 38.3 Å². The van der Waals surface area contributed by atoms with Gasteiger partial charge >= 0.3 is 5.97 Å². The van der Waals surface area contributed by atoms with Crippen LogP contribution in [0.1, 0.15) is 26.2 Å². The van der Waals surface area contributed by atoms with Crippen LogP contribution in [-0.4, -0.2) is 36.1 Å². The molecule has 2 unspecified atom stereocenters. The molecule has 0 aromatic rings. The van der Waals surface area contributed by atoms with E-state index in [0.29, 0.717) is 12.6 Å². The maximum atomic E-state index is 11.2. The fourth-order valence-electron chi connectivity index (χ4n) is 2.20. The van der Waals surface area contributed by atoms with E-state index < -0.39 is 0 Å². The summed E-state index contributed by atoms with van der Waals surface area (Å²) in [6, 6.07) is 0.642. The van der Waals surface area contributed by atoms with Gasteiger partial charge in [0.25, 0.3) is 0 Å². The largest absolute Gasteiger partial charge is 0.464 e. The quantitative estimate of drug-likeness (QED) is 0.543. The lowest BCUT2D eigenvalue weighted by molar-refractivity contribution is -0.142. The van der Waals surface area contributed by atoms with Crippen LogP contribution < -0.4 is 0 Å². The van der Waals surface area contributed by atoms with Crippen molar-refractivity contribution in [2.24, 2.45) is 0 Å². The second kappa shape index (κ2) is 3.05. The van der Waals surface area contributed by atoms with Crippen molar-refractivity contribution in [3.05, 3.63) is 0 Å². The number of carbonyl (C=O) groups is 1. The predicted molar refractivity (Wildman–Crippen MR) is 44.8 cm³/mol. The van der Waals surface area contributed by atoms with Crippen LogP contribution >= 0.6 is 0 Å². The third-order valence-corrected chi connectivity index (χ3v) is 2.91. The molecule has 0 bridgehead atoms. The molecule has 2 heterocycles. The lowest BCUT2D eigenvalue weighted by atomic mass is 10.2. The number of carbonyl (C=O) groups excluding carboxylic acids is 1. The molecule has 12 heavy (non-hydrogen) atoms. The van der Waals surface area contributed by atoms with Gasteiger partial charge in [0.2, 0.25) is 0 Å². The molecule has 0 radical (unpaired) electrons. The molecule has 2 atom stereocenters. The highest BCUT2D eigenvalue weighted by molar-refractivity contribution is 5.77. The fourth-order valence-corrected chi connectivity index (χ4v) is 2.20. The Hall–Kier alpha value is -0.570. The van der Waals surface area contributed by atoms with Crippen molar-refractivity contribution in [1.82, 2.24) is 4.90 Å². The summed E-state index contributed by atoms with van der Waals surface area (Å²) in [6.07, 6.45) is 3.35. The number of likely N-dealkylation sites (tertiary alicyclic amines) is 1. The van der Waals surface area contributed by atoms with Crippen LogP contribution in [0.15, 0.2) is 0 Å². The van der Waals surface area contributed by atoms with Crippen molar-refractivity contribution in [1.29, 1.82) is 0 Å². The number of rotatable bonds is 1. The highest BCUT2D eigenvalue weighted by atomic mass is 16.5. The minimum absolute atomic E-state index is 0.0104. The molecular weight excluding hydrogens is 154 g/mol. The van der Waals surface area contributed by atoms with Gasteiger partial charge in [0.05, 0.1) is 6.61 Å². The second-order valence-corrected chi connectivity index (χ2v) is 3.70. The molecule has 0 aromatic heterocycles. The van der Waals surface area contributed by atoms with E-state index in [9.17, 15) is 4.79 Å². The Morgan fingerprint density at radius 1 is 1.50 bits per heavy atom. The van der Waals surface area contributed by atoms with Crippen molar-refractivity contribution in [3.63, 3.8) is 0 Å². The molecule has 0 spiro atoms. The molecule has 3 nitrogen and oxygen atoms in total. The van der Waals surface area contributed by atoms with Gasteiger partial charge in [0.1, 0.15) is 6.04 Å². The summed E-state index contributed by atoms with van der Waals surface area (Å²) in [5, 5.41) is 0. The van der Waals surface area contributed by atoms with E-state index in [0.717, 1.165) is 13.0 Å². The SMILES string of the molecule is CC1CCCN1C1CCOC1=O. The molecule has 2 fully saturated rings. The van der Waals surface area contributed by atoms with Crippen LogP contribution in [0.5, 0.6) is 0 Å². The monoisotopic (exact) mass is 169 g/mol. The summed E-state index contributed by atoms with van der Waals surface area (Å²) in [5.74, 6) is -0.0104. The molecule has 2 aliphatic rings. The van der Waals surface area contributed by atoms with Crippen molar-refractivity contribution in [3.8, 4) is 0 Å². The molecule has 2 rings (SSSR count). The second-order valence-electron chi connectivity index (χ2n) is 3.70. The molecule has 2 aliphatic heterocycles. The molecule has 2 saturated heterocycles. The van der Waals surface area contributed by atoms with Gasteiger partial charge in [-0.3, -0.25) is 9.69 Å². The molecule has 3 heteroatoms. The normalized spacial score (nSPS) is 37.2. The summed E-state index contributed by atoms with van der Waals surface area (Å²) in [4.78, 5) is 13.5. The van der Waals surface area contributed by atoms with Crippen molar-refractivity contribution < 1.29 is 9.53 Å². The molecule has 68 valence electrons. The van der Waals surface area contributed by atoms with Gasteiger partial charge in [-0.1, -0.05) is 0 Å². The van der Waals surface area contributed by atoms with Gasteiger partial charge in [0, 0.05) is 12.5 Å². The lowest BCUT2D eigenvalue weighted by Gasteiger charge is -2.24. The Kier molecular flexibility index (Phi) is 2.05. The van der Waals surface area contributed by atoms with Gasteiger partial charge in [-0.05, 0) is 26.3 Å². The smallest absolute Gasteiger partial charge is 0.323 e. The minimum Gasteiger partial charge on any atom is -0.464 e. The van der Waals surface area contributed by atoms with Crippen LogP contribution in [0.25, 0.3) is 0 Å². The zero-order valence-electron chi connectivity index (χ0n) is 7.45. The maximum Gasteiger partial charge on any atom is 0.323 e. The Bertz CT molecular complexity index is 193. The Labute approximate surface area is 72.7 Å². The van der Waals surface area contributed by atoms with E-state index in [1.54, 1.807) is 0 Å². The van der Waals surface area contributed by atoms with Crippen LogP contribution in [0, 0.1) is 0 Å². The summed E-state index contributed by atoms with van der Waals surface area (Å²) >= 11 is 0. The van der Waals surface area contributed by atoms with Crippen LogP contribution in [0.2, 0.25) is 0 Å². The zero-order chi connectivity index (χ0) is 8.55. The van der Waals surface area contributed by atoms with E-state index in [1.807, 2.05) is 0 Å². The first-order valence-electron chi connectivity index (χ1n) is 4.71. The van der Waals surface area contributed by atoms with E-state index in [-0.39, 0.29) is 12.0 Å². The Morgan fingerprint density at radius 3 is 2.83 bits per heavy atom. The maximum absolute atomic E-state index is 11.2. The van der Waals surface area contributed by atoms with Crippen molar-refractivity contribution in [2.75, 3.05) is 13.2 Å². The van der Waals surface area contributed by atoms with Gasteiger partial charge in [0.15, 0.2) is 0 Å². The fraction of sp³-hybridized carbons (Fsp3) is 0.889. The van der Waals surface area contributed by atoms with Crippen LogP contribution in [-0.2, 0) is 9.53 Å². The molecule has 0 saturated carbocycles. The van der Waals surface area contributed by atoms with E-state index in [2.05, 4.69) is 11.8 Å². The van der Waals surface area contributed by atoms with Gasteiger partial charge < -0.3 is 4.74 Å². The highest BCUT2D eigenvalue weighted by Gasteiger charge is 2.36. The summed E-state index contributed by atoms with van der Waals surface area (Å²) in [7, 11) is 0. The third-order valence-electron chi connectivity index (χ3n) is 2.91. The summed E-state index contributed by atoms with van der Waals surface area (Å²) in [5.41, 5.74) is 0. The predicted octanol–water partition coefficient (Wildman–Crippen LogP) is 0.786. The van der Waals surface area contributed by atoms with Crippen LogP contribution in [0.3, 0.4) is 0 Å². The van der Waals surface area contributed by atoms with Gasteiger partial charge in [-0.15, -0.1) is 0 Å². The van der Waals surface area contributed by atoms with Crippen LogP contribution in [0.4, 0.5) is 0 Å². The summed E-state index contributed by atoms with van der Waals surface area (Å²) < 4.78 is 4.95. The molecule has 0 amide bonds. The van der Waals surface area contributed by atoms with Gasteiger partial charge in [-0.2, -0.15) is 0 Å². The Morgan fingerprint density at radius 2 is 2.33 bits per heavy atom. The molecule has 0 aromatic carbocycles. The first kappa shape index (κ1) is 8.05. The number of hydrogen-bond acceptors (Lipinski definition) is 3. The zero-order valence-corrected chi connectivity index (χ0v) is 7.45. The molecular formula is C9H15NO2. The van der Waals surface area contributed by atoms with E-state index in [1.165, 1.54) is 12.8 Å². The van der Waals surface area contributed by atoms with E-state index >= 15 is 0 Å². The Balaban J connectivity index is 2.03. The first-order valence-corrected chi connectivity index (χ1v) is 4.71. The number of hydrogen-bond donors (Lipinski definition) is 0. The number of nitrogens with zero attached hydrogens (tertiary/aromatic N) is 1. The lowest BCUT2D eigenvalue weighted by Crippen LogP contribution is -2.40. The number of esters is 1. The van der Waals surface area contributed by atoms with Crippen molar-refractivity contribution >= 4 is 5.97 Å². The minimum atomic E-state index is -0.0104. The topological polar surface area (TPSA) is 29.5 Å². The third kappa shape index (κ3) is 1.22. The standard InChI is InChI=1S/C9H15NO2/c1-7-3-2-5-10(7)8-4-6-12-9(8)11/h7-8H,2-6H2,1H3. The van der Waals surface area contributed by atoms with Gasteiger partial charge in [-0.25, -0.2) is 0 Å². The molecule has 0 N–H and O–H groups in total. The number of cyclic esters (lactones) is 1. The first-order chi connectivity index (χ1) is 5.79. The summed E-state index contributed by atoms with van der Waals surface area (Å²) in [6.45, 7) is 3.88. The van der Waals surface area contributed by atoms with E-state index in [4.69, 9.17) is 4.74 Å². The number of ether oxygens (including phenoxy) is 1. The average molecular weight is 169 g/mol. The molecule has 0 aliphatic carbocycles. The highest BCUT2D eigenvalue weighted by Crippen LogP contribution is 2.24.